The molecule has 1 heterocycles. The highest BCUT2D eigenvalue weighted by Crippen LogP contribution is 2.27. The van der Waals surface area contributed by atoms with Crippen molar-refractivity contribution in [1.82, 2.24) is 4.98 Å². The van der Waals surface area contributed by atoms with Crippen molar-refractivity contribution in [2.24, 2.45) is 11.5 Å². The zero-order chi connectivity index (χ0) is 13.9. The van der Waals surface area contributed by atoms with Crippen LogP contribution >= 0.6 is 11.8 Å². The summed E-state index contributed by atoms with van der Waals surface area (Å²) < 4.78 is 5.22. The number of nitrogens with zero attached hydrogens (tertiary/aromatic N) is 1. The molecule has 1 aromatic heterocycles. The van der Waals surface area contributed by atoms with E-state index in [2.05, 4.69) is 4.98 Å². The molecule has 1 atom stereocenters. The average molecular weight is 277 g/mol. The van der Waals surface area contributed by atoms with Gasteiger partial charge in [0.2, 0.25) is 5.91 Å². The lowest BCUT2D eigenvalue weighted by Crippen LogP contribution is -2.51. The van der Waals surface area contributed by atoms with E-state index in [1.165, 1.54) is 11.8 Å². The van der Waals surface area contributed by atoms with Gasteiger partial charge in [-0.2, -0.15) is 0 Å². The summed E-state index contributed by atoms with van der Waals surface area (Å²) in [7, 11) is 0. The number of aryl methyl sites for hydroxylation is 1. The predicted octanol–water partition coefficient (Wildman–Crippen LogP) is 1.41. The molecule has 5 nitrogen and oxygen atoms in total. The van der Waals surface area contributed by atoms with Gasteiger partial charge in [0.25, 0.3) is 5.22 Å². The molecule has 100 valence electrons. The molecule has 19 heavy (non-hydrogen) atoms. The van der Waals surface area contributed by atoms with Crippen LogP contribution in [0, 0.1) is 6.92 Å². The lowest BCUT2D eigenvalue weighted by molar-refractivity contribution is -0.122. The van der Waals surface area contributed by atoms with Gasteiger partial charge < -0.3 is 15.9 Å². The summed E-state index contributed by atoms with van der Waals surface area (Å²) in [5.74, 6) is -0.304. The minimum Gasteiger partial charge on any atom is -0.440 e. The molecule has 0 aliphatic carbocycles. The van der Waals surface area contributed by atoms with Crippen molar-refractivity contribution in [2.75, 3.05) is 5.75 Å². The molecule has 0 spiro atoms. The van der Waals surface area contributed by atoms with Crippen molar-refractivity contribution in [3.63, 3.8) is 0 Å². The van der Waals surface area contributed by atoms with Crippen molar-refractivity contribution in [3.8, 4) is 0 Å². The maximum absolute atomic E-state index is 11.7. The molecule has 0 fully saturated rings. The molecule has 6 heteroatoms. The molecular formula is C13H15N3O2S. The summed E-state index contributed by atoms with van der Waals surface area (Å²) in [4.78, 5) is 15.8. The van der Waals surface area contributed by atoms with Crippen molar-refractivity contribution in [2.45, 2.75) is 17.7 Å². The zero-order valence-corrected chi connectivity index (χ0v) is 11.3. The first kappa shape index (κ1) is 13.6. The first-order chi connectivity index (χ1) is 9.02. The highest BCUT2D eigenvalue weighted by molar-refractivity contribution is 7.99. The molecule has 1 aromatic carbocycles. The molecule has 0 aliphatic heterocycles. The molecule has 4 N–H and O–H groups in total. The van der Waals surface area contributed by atoms with Crippen molar-refractivity contribution in [3.05, 3.63) is 47.9 Å². The summed E-state index contributed by atoms with van der Waals surface area (Å²) in [6.07, 6.45) is 1.55. The molecule has 0 bridgehead atoms. The largest absolute Gasteiger partial charge is 0.440 e. The number of nitrogens with two attached hydrogens (primary N) is 2. The van der Waals surface area contributed by atoms with Gasteiger partial charge in [0.1, 0.15) is 11.8 Å². The third kappa shape index (κ3) is 2.97. The Balaban J connectivity index is 2.19. The summed E-state index contributed by atoms with van der Waals surface area (Å²) in [5, 5.41) is 0.476. The molecule has 1 unspecified atom stereocenters. The smallest absolute Gasteiger partial charge is 0.255 e. The number of thioether (sulfide) groups is 1. The lowest BCUT2D eigenvalue weighted by atomic mass is 9.92. The minimum absolute atomic E-state index is 0.270. The average Bonchev–Trinajstić information content (AvgIpc) is 2.82. The highest BCUT2D eigenvalue weighted by atomic mass is 32.2. The number of aromatic nitrogens is 1. The van der Waals surface area contributed by atoms with Gasteiger partial charge in [-0.25, -0.2) is 4.98 Å². The van der Waals surface area contributed by atoms with E-state index >= 15 is 0 Å². The number of carbonyl (C=O) groups excluding carboxylic acids is 1. The van der Waals surface area contributed by atoms with E-state index in [1.54, 1.807) is 18.4 Å². The van der Waals surface area contributed by atoms with E-state index in [0.717, 1.165) is 5.69 Å². The van der Waals surface area contributed by atoms with Gasteiger partial charge in [-0.1, -0.05) is 42.1 Å². The Hall–Kier alpha value is -1.79. The van der Waals surface area contributed by atoms with E-state index in [0.29, 0.717) is 10.8 Å². The molecule has 1 amide bonds. The third-order valence-corrected chi connectivity index (χ3v) is 3.78. The zero-order valence-electron chi connectivity index (χ0n) is 10.5. The quantitative estimate of drug-likeness (QED) is 0.806. The highest BCUT2D eigenvalue weighted by Gasteiger charge is 2.34. The van der Waals surface area contributed by atoms with Crippen LogP contribution in [0.15, 0.2) is 46.2 Å². The first-order valence-electron chi connectivity index (χ1n) is 5.71. The molecular weight excluding hydrogens is 262 g/mol. The van der Waals surface area contributed by atoms with E-state index in [9.17, 15) is 4.79 Å². The number of amides is 1. The van der Waals surface area contributed by atoms with E-state index < -0.39 is 11.4 Å². The number of hydrogen-bond acceptors (Lipinski definition) is 5. The Morgan fingerprint density at radius 2 is 2.11 bits per heavy atom. The van der Waals surface area contributed by atoms with Crippen LogP contribution in [-0.4, -0.2) is 16.6 Å². The van der Waals surface area contributed by atoms with Crippen LogP contribution in [0.2, 0.25) is 0 Å². The van der Waals surface area contributed by atoms with Gasteiger partial charge >= 0.3 is 0 Å². The van der Waals surface area contributed by atoms with Gasteiger partial charge in [0.05, 0.1) is 5.69 Å². The van der Waals surface area contributed by atoms with Crippen LogP contribution in [-0.2, 0) is 10.3 Å². The van der Waals surface area contributed by atoms with E-state index in [4.69, 9.17) is 15.9 Å². The van der Waals surface area contributed by atoms with Crippen LogP contribution < -0.4 is 11.5 Å². The van der Waals surface area contributed by atoms with Gasteiger partial charge in [0.15, 0.2) is 0 Å². The Bertz CT molecular complexity index is 570. The van der Waals surface area contributed by atoms with Crippen LogP contribution in [0.4, 0.5) is 0 Å². The first-order valence-corrected chi connectivity index (χ1v) is 6.70. The van der Waals surface area contributed by atoms with Gasteiger partial charge in [-0.05, 0) is 12.5 Å². The van der Waals surface area contributed by atoms with Gasteiger partial charge in [-0.15, -0.1) is 0 Å². The molecule has 0 saturated heterocycles. The SMILES string of the molecule is Cc1coc(SCC(N)(C(N)=O)c2ccccc2)n1. The monoisotopic (exact) mass is 277 g/mol. The summed E-state index contributed by atoms with van der Waals surface area (Å²) in [6.45, 7) is 1.83. The molecule has 0 saturated carbocycles. The number of hydrogen-bond donors (Lipinski definition) is 2. The van der Waals surface area contributed by atoms with Gasteiger partial charge in [-0.3, -0.25) is 4.79 Å². The summed E-state index contributed by atoms with van der Waals surface area (Å²) in [5.41, 5.74) is 11.8. The fourth-order valence-electron chi connectivity index (χ4n) is 1.61. The maximum atomic E-state index is 11.7. The summed E-state index contributed by atoms with van der Waals surface area (Å²) in [6, 6.07) is 9.06. The maximum Gasteiger partial charge on any atom is 0.255 e. The minimum atomic E-state index is -1.24. The van der Waals surface area contributed by atoms with Crippen LogP contribution in [0.3, 0.4) is 0 Å². The molecule has 0 aliphatic rings. The Labute approximate surface area is 115 Å². The van der Waals surface area contributed by atoms with Crippen molar-refractivity contribution >= 4 is 17.7 Å². The van der Waals surface area contributed by atoms with Crippen LogP contribution in [0.25, 0.3) is 0 Å². The third-order valence-electron chi connectivity index (χ3n) is 2.75. The number of carbonyl (C=O) groups is 1. The number of oxazole rings is 1. The van der Waals surface area contributed by atoms with Crippen molar-refractivity contribution in [1.29, 1.82) is 0 Å². The van der Waals surface area contributed by atoms with E-state index in [1.807, 2.05) is 25.1 Å². The summed E-state index contributed by atoms with van der Waals surface area (Å²) >= 11 is 1.27. The molecule has 2 aromatic rings. The standard InChI is InChI=1S/C13H15N3O2S/c1-9-7-18-12(16-9)19-8-13(15,11(14)17)10-5-3-2-4-6-10/h2-7H,8,15H2,1H3,(H2,14,17). The van der Waals surface area contributed by atoms with Crippen LogP contribution in [0.5, 0.6) is 0 Å². The van der Waals surface area contributed by atoms with Crippen molar-refractivity contribution < 1.29 is 9.21 Å². The Morgan fingerprint density at radius 1 is 1.42 bits per heavy atom. The second-order valence-electron chi connectivity index (χ2n) is 4.25. The lowest BCUT2D eigenvalue weighted by Gasteiger charge is -2.25. The van der Waals surface area contributed by atoms with Crippen LogP contribution in [0.1, 0.15) is 11.3 Å². The molecule has 2 rings (SSSR count). The fraction of sp³-hybridized carbons (Fsp3) is 0.231. The fourth-order valence-corrected chi connectivity index (χ4v) is 2.59. The van der Waals surface area contributed by atoms with E-state index in [-0.39, 0.29) is 5.75 Å². The second kappa shape index (κ2) is 5.46. The topological polar surface area (TPSA) is 95.1 Å². The molecule has 0 radical (unpaired) electrons. The Kier molecular flexibility index (Phi) is 3.92. The number of rotatable bonds is 5. The van der Waals surface area contributed by atoms with Gasteiger partial charge in [0, 0.05) is 5.75 Å². The number of primary amides is 1. The Morgan fingerprint density at radius 3 is 2.63 bits per heavy atom. The second-order valence-corrected chi connectivity index (χ2v) is 5.17. The number of benzene rings is 1. The normalized spacial score (nSPS) is 14.0. The predicted molar refractivity (Wildman–Crippen MR) is 73.5 cm³/mol.